The van der Waals surface area contributed by atoms with Gasteiger partial charge in [0.2, 0.25) is 0 Å². The van der Waals surface area contributed by atoms with Gasteiger partial charge in [-0.25, -0.2) is 4.52 Å². The Balaban J connectivity index is 1.91. The molecule has 0 amide bonds. The highest BCUT2D eigenvalue weighted by atomic mass is 15.3. The van der Waals surface area contributed by atoms with Crippen molar-refractivity contribution in [2.75, 3.05) is 0 Å². The molecule has 1 aliphatic carbocycles. The van der Waals surface area contributed by atoms with Gasteiger partial charge in [0.1, 0.15) is 5.65 Å². The van der Waals surface area contributed by atoms with Crippen molar-refractivity contribution in [2.45, 2.75) is 39.2 Å². The molecule has 0 unspecified atom stereocenters. The molecule has 0 atom stereocenters. The molecule has 0 bridgehead atoms. The molecule has 80 valence electrons. The summed E-state index contributed by atoms with van der Waals surface area (Å²) in [4.78, 5) is 0. The smallest absolute Gasteiger partial charge is 0.136 e. The van der Waals surface area contributed by atoms with Gasteiger partial charge in [-0.05, 0) is 25.2 Å². The van der Waals surface area contributed by atoms with E-state index in [1.54, 1.807) is 0 Å². The normalized spacial score (nSPS) is 17.1. The molecule has 2 aromatic heterocycles. The predicted octanol–water partition coefficient (Wildman–Crippen LogP) is 2.50. The lowest BCUT2D eigenvalue weighted by Gasteiger charge is -2.25. The summed E-state index contributed by atoms with van der Waals surface area (Å²) in [5.41, 5.74) is 2.44. The molecule has 3 nitrogen and oxygen atoms in total. The highest BCUT2D eigenvalue weighted by Gasteiger charge is 2.18. The molecule has 0 saturated heterocycles. The summed E-state index contributed by atoms with van der Waals surface area (Å²) < 4.78 is 4.34. The van der Waals surface area contributed by atoms with Crippen LogP contribution >= 0.6 is 0 Å². The van der Waals surface area contributed by atoms with Gasteiger partial charge in [0.25, 0.3) is 0 Å². The van der Waals surface area contributed by atoms with Gasteiger partial charge < -0.3 is 4.57 Å². The largest absolute Gasteiger partial charge is 0.331 e. The number of rotatable bonds is 3. The summed E-state index contributed by atoms with van der Waals surface area (Å²) in [7, 11) is 0. The van der Waals surface area contributed by atoms with Crippen molar-refractivity contribution < 1.29 is 0 Å². The Morgan fingerprint density at radius 1 is 1.40 bits per heavy atom. The summed E-state index contributed by atoms with van der Waals surface area (Å²) in [5, 5.41) is 4.50. The summed E-state index contributed by atoms with van der Waals surface area (Å²) >= 11 is 0. The first-order chi connectivity index (χ1) is 7.36. The van der Waals surface area contributed by atoms with Gasteiger partial charge in [-0.2, -0.15) is 5.10 Å². The molecule has 0 radical (unpaired) electrons. The van der Waals surface area contributed by atoms with E-state index in [-0.39, 0.29) is 0 Å². The van der Waals surface area contributed by atoms with Crippen molar-refractivity contribution in [1.82, 2.24) is 14.2 Å². The van der Waals surface area contributed by atoms with Gasteiger partial charge in [-0.15, -0.1) is 0 Å². The third kappa shape index (κ3) is 1.46. The van der Waals surface area contributed by atoms with E-state index in [9.17, 15) is 0 Å². The molecule has 1 aliphatic rings. The monoisotopic (exact) mass is 203 g/mol. The van der Waals surface area contributed by atoms with E-state index in [2.05, 4.69) is 35.0 Å². The van der Waals surface area contributed by atoms with Gasteiger partial charge in [-0.3, -0.25) is 0 Å². The maximum atomic E-state index is 4.50. The molecule has 1 fully saturated rings. The summed E-state index contributed by atoms with van der Waals surface area (Å²) in [6.45, 7) is 3.32. The molecule has 0 aromatic carbocycles. The van der Waals surface area contributed by atoms with Crippen LogP contribution in [0.4, 0.5) is 0 Å². The number of aromatic nitrogens is 3. The average Bonchev–Trinajstić information content (AvgIpc) is 2.71. The second kappa shape index (κ2) is 3.40. The molecule has 0 N–H and O–H groups in total. The van der Waals surface area contributed by atoms with E-state index < -0.39 is 0 Å². The minimum Gasteiger partial charge on any atom is -0.331 e. The van der Waals surface area contributed by atoms with Crippen LogP contribution in [0.15, 0.2) is 18.5 Å². The highest BCUT2D eigenvalue weighted by molar-refractivity contribution is 5.41. The zero-order valence-corrected chi connectivity index (χ0v) is 9.19. The summed E-state index contributed by atoms with van der Waals surface area (Å²) in [6, 6.07) is 2.21. The lowest BCUT2D eigenvalue weighted by Crippen LogP contribution is -2.17. The van der Waals surface area contributed by atoms with Crippen LogP contribution in [0.5, 0.6) is 0 Å². The number of hydrogen-bond acceptors (Lipinski definition) is 1. The van der Waals surface area contributed by atoms with E-state index in [0.717, 1.165) is 12.3 Å². The van der Waals surface area contributed by atoms with Crippen molar-refractivity contribution in [3.63, 3.8) is 0 Å². The van der Waals surface area contributed by atoms with Gasteiger partial charge in [0, 0.05) is 25.0 Å². The van der Waals surface area contributed by atoms with Gasteiger partial charge in [0.15, 0.2) is 0 Å². The average molecular weight is 203 g/mol. The SMILES string of the molecule is CCc1cc2n(CC3CCC3)ccn2n1. The molecule has 0 aliphatic heterocycles. The number of hydrogen-bond donors (Lipinski definition) is 0. The Morgan fingerprint density at radius 2 is 2.27 bits per heavy atom. The third-order valence-electron chi connectivity index (χ3n) is 3.49. The topological polar surface area (TPSA) is 22.2 Å². The second-order valence-electron chi connectivity index (χ2n) is 4.54. The Hall–Kier alpha value is -1.25. The third-order valence-corrected chi connectivity index (χ3v) is 3.49. The van der Waals surface area contributed by atoms with Crippen LogP contribution in [0, 0.1) is 5.92 Å². The first kappa shape index (κ1) is 9.01. The van der Waals surface area contributed by atoms with Gasteiger partial charge in [-0.1, -0.05) is 13.3 Å². The number of fused-ring (bicyclic) bond motifs is 1. The fraction of sp³-hybridized carbons (Fsp3) is 0.583. The van der Waals surface area contributed by atoms with Crippen molar-refractivity contribution in [2.24, 2.45) is 5.92 Å². The lowest BCUT2D eigenvalue weighted by atomic mass is 9.85. The maximum Gasteiger partial charge on any atom is 0.136 e. The van der Waals surface area contributed by atoms with Crippen LogP contribution < -0.4 is 0 Å². The molecular formula is C12H17N3. The fourth-order valence-electron chi connectivity index (χ4n) is 2.26. The van der Waals surface area contributed by atoms with E-state index in [1.165, 1.54) is 37.1 Å². The molecule has 2 aromatic rings. The Bertz CT molecular complexity index is 462. The summed E-state index contributed by atoms with van der Waals surface area (Å²) in [5.74, 6) is 0.904. The zero-order valence-electron chi connectivity index (χ0n) is 9.19. The lowest BCUT2D eigenvalue weighted by molar-refractivity contribution is 0.279. The van der Waals surface area contributed by atoms with E-state index >= 15 is 0 Å². The van der Waals surface area contributed by atoms with Crippen LogP contribution in [0.3, 0.4) is 0 Å². The Kier molecular flexibility index (Phi) is 2.04. The molecule has 2 heterocycles. The van der Waals surface area contributed by atoms with E-state index in [1.807, 2.05) is 4.52 Å². The molecular weight excluding hydrogens is 186 g/mol. The Labute approximate surface area is 89.7 Å². The first-order valence-electron chi connectivity index (χ1n) is 5.90. The van der Waals surface area contributed by atoms with Crippen LogP contribution in [0.1, 0.15) is 31.9 Å². The van der Waals surface area contributed by atoms with Crippen LogP contribution in [-0.4, -0.2) is 14.2 Å². The molecule has 3 rings (SSSR count). The maximum absolute atomic E-state index is 4.50. The van der Waals surface area contributed by atoms with Crippen molar-refractivity contribution >= 4 is 5.65 Å². The minimum absolute atomic E-state index is 0.904. The van der Waals surface area contributed by atoms with Crippen LogP contribution in [-0.2, 0) is 13.0 Å². The van der Waals surface area contributed by atoms with Gasteiger partial charge >= 0.3 is 0 Å². The Morgan fingerprint density at radius 3 is 2.93 bits per heavy atom. The van der Waals surface area contributed by atoms with Crippen LogP contribution in [0.25, 0.3) is 5.65 Å². The first-order valence-corrected chi connectivity index (χ1v) is 5.90. The molecule has 0 spiro atoms. The van der Waals surface area contributed by atoms with Gasteiger partial charge in [0.05, 0.1) is 5.69 Å². The second-order valence-corrected chi connectivity index (χ2v) is 4.54. The molecule has 15 heavy (non-hydrogen) atoms. The number of aryl methyl sites for hydroxylation is 1. The quantitative estimate of drug-likeness (QED) is 0.751. The van der Waals surface area contributed by atoms with Crippen LogP contribution in [0.2, 0.25) is 0 Å². The summed E-state index contributed by atoms with van der Waals surface area (Å²) in [6.07, 6.45) is 9.46. The number of imidazole rings is 1. The number of nitrogens with zero attached hydrogens (tertiary/aromatic N) is 3. The standard InChI is InChI=1S/C12H17N3/c1-2-11-8-12-14(6-7-15(12)13-11)9-10-4-3-5-10/h6-8,10H,2-5,9H2,1H3. The van der Waals surface area contributed by atoms with Crippen molar-refractivity contribution in [3.8, 4) is 0 Å². The zero-order chi connectivity index (χ0) is 10.3. The van der Waals surface area contributed by atoms with Crippen molar-refractivity contribution in [1.29, 1.82) is 0 Å². The predicted molar refractivity (Wildman–Crippen MR) is 59.9 cm³/mol. The van der Waals surface area contributed by atoms with E-state index in [0.29, 0.717) is 0 Å². The van der Waals surface area contributed by atoms with Crippen molar-refractivity contribution in [3.05, 3.63) is 24.2 Å². The minimum atomic E-state index is 0.904. The van der Waals surface area contributed by atoms with E-state index in [4.69, 9.17) is 0 Å². The highest BCUT2D eigenvalue weighted by Crippen LogP contribution is 2.28. The molecule has 3 heteroatoms. The fourth-order valence-corrected chi connectivity index (χ4v) is 2.26. The molecule has 1 saturated carbocycles.